The molecule has 0 saturated carbocycles. The fourth-order valence-electron chi connectivity index (χ4n) is 1.51. The van der Waals surface area contributed by atoms with Gasteiger partial charge < -0.3 is 15.3 Å². The summed E-state index contributed by atoms with van der Waals surface area (Å²) in [5.74, 6) is -1.13. The highest BCUT2D eigenvalue weighted by molar-refractivity contribution is 5.88. The van der Waals surface area contributed by atoms with Crippen molar-refractivity contribution in [3.05, 3.63) is 29.3 Å². The van der Waals surface area contributed by atoms with Crippen LogP contribution in [0.15, 0.2) is 18.2 Å². The summed E-state index contributed by atoms with van der Waals surface area (Å²) in [6.45, 7) is 2.00. The molecule has 0 unspecified atom stereocenters. The molecule has 0 radical (unpaired) electrons. The molecule has 1 aromatic rings. The first-order valence-electron chi connectivity index (χ1n) is 5.30. The maximum atomic E-state index is 10.7. The summed E-state index contributed by atoms with van der Waals surface area (Å²) in [6, 6.07) is 3.93. The summed E-state index contributed by atoms with van der Waals surface area (Å²) in [7, 11) is 0. The Kier molecular flexibility index (Phi) is 4.31. The highest BCUT2D eigenvalue weighted by Crippen LogP contribution is 2.28. The fraction of sp³-hybridized carbons (Fsp3) is 0.417. The van der Waals surface area contributed by atoms with Gasteiger partial charge in [-0.05, 0) is 24.6 Å². The molecule has 1 rings (SSSR count). The number of hydrogen-bond donors (Lipinski definition) is 3. The number of aliphatic hydroxyl groups excluding tert-OH is 1. The van der Waals surface area contributed by atoms with Gasteiger partial charge in [-0.1, -0.05) is 19.8 Å². The lowest BCUT2D eigenvalue weighted by atomic mass is 10.0. The number of phenols is 1. The van der Waals surface area contributed by atoms with Crippen molar-refractivity contribution in [2.75, 3.05) is 0 Å². The number of carbonyl (C=O) groups is 1. The number of carboxylic acid groups (broad SMARTS) is 1. The molecule has 88 valence electrons. The summed E-state index contributed by atoms with van der Waals surface area (Å²) >= 11 is 0. The molecule has 0 saturated heterocycles. The summed E-state index contributed by atoms with van der Waals surface area (Å²) in [4.78, 5) is 10.7. The molecule has 0 heterocycles. The lowest BCUT2D eigenvalue weighted by molar-refractivity contribution is 0.0696. The van der Waals surface area contributed by atoms with Crippen molar-refractivity contribution < 1.29 is 20.1 Å². The second-order valence-corrected chi connectivity index (χ2v) is 3.74. The van der Waals surface area contributed by atoms with E-state index in [0.717, 1.165) is 12.8 Å². The van der Waals surface area contributed by atoms with Gasteiger partial charge in [-0.2, -0.15) is 0 Å². The van der Waals surface area contributed by atoms with Crippen LogP contribution in [0.5, 0.6) is 5.75 Å². The zero-order valence-electron chi connectivity index (χ0n) is 9.18. The van der Waals surface area contributed by atoms with E-state index in [1.807, 2.05) is 6.92 Å². The highest BCUT2D eigenvalue weighted by atomic mass is 16.4. The van der Waals surface area contributed by atoms with Crippen LogP contribution in [0.4, 0.5) is 0 Å². The molecule has 0 aromatic heterocycles. The van der Waals surface area contributed by atoms with E-state index in [-0.39, 0.29) is 16.9 Å². The third-order valence-electron chi connectivity index (χ3n) is 2.46. The van der Waals surface area contributed by atoms with E-state index in [9.17, 15) is 15.0 Å². The van der Waals surface area contributed by atoms with Gasteiger partial charge in [0.05, 0.1) is 11.7 Å². The Bertz CT molecular complexity index is 373. The van der Waals surface area contributed by atoms with E-state index >= 15 is 0 Å². The second kappa shape index (κ2) is 5.51. The van der Waals surface area contributed by atoms with Crippen molar-refractivity contribution in [2.45, 2.75) is 32.3 Å². The van der Waals surface area contributed by atoms with E-state index in [1.165, 1.54) is 18.2 Å². The van der Waals surface area contributed by atoms with Crippen LogP contribution < -0.4 is 0 Å². The van der Waals surface area contributed by atoms with Crippen LogP contribution in [0.2, 0.25) is 0 Å². The van der Waals surface area contributed by atoms with Gasteiger partial charge in [-0.15, -0.1) is 0 Å². The number of rotatable bonds is 5. The van der Waals surface area contributed by atoms with Crippen LogP contribution >= 0.6 is 0 Å². The number of unbranched alkanes of at least 4 members (excludes halogenated alkanes) is 1. The van der Waals surface area contributed by atoms with Crippen LogP contribution in [0.3, 0.4) is 0 Å². The van der Waals surface area contributed by atoms with Crippen molar-refractivity contribution in [1.29, 1.82) is 0 Å². The van der Waals surface area contributed by atoms with Gasteiger partial charge in [0.1, 0.15) is 5.75 Å². The Morgan fingerprint density at radius 2 is 2.12 bits per heavy atom. The summed E-state index contributed by atoms with van der Waals surface area (Å²) in [5, 5.41) is 28.1. The first-order chi connectivity index (χ1) is 7.56. The largest absolute Gasteiger partial charge is 0.508 e. The standard InChI is InChI=1S/C12H16O4/c1-2-3-4-10(13)9-7-8(12(15)16)5-6-11(9)14/h5-7,10,13-14H,2-4H2,1H3,(H,15,16)/t10-/m1/s1. The molecule has 4 heteroatoms. The van der Waals surface area contributed by atoms with Gasteiger partial charge in [0, 0.05) is 5.56 Å². The number of carboxylic acids is 1. The predicted molar refractivity (Wildman–Crippen MR) is 59.6 cm³/mol. The SMILES string of the molecule is CCCC[C@@H](O)c1cc(C(=O)O)ccc1O. The predicted octanol–water partition coefficient (Wildman–Crippen LogP) is 2.31. The first kappa shape index (κ1) is 12.5. The average molecular weight is 224 g/mol. The van der Waals surface area contributed by atoms with Crippen molar-refractivity contribution in [3.8, 4) is 5.75 Å². The van der Waals surface area contributed by atoms with Crippen LogP contribution in [0, 0.1) is 0 Å². The second-order valence-electron chi connectivity index (χ2n) is 3.74. The molecule has 0 aliphatic heterocycles. The van der Waals surface area contributed by atoms with E-state index in [1.54, 1.807) is 0 Å². The smallest absolute Gasteiger partial charge is 0.335 e. The van der Waals surface area contributed by atoms with Crippen LogP contribution in [-0.4, -0.2) is 21.3 Å². The van der Waals surface area contributed by atoms with Gasteiger partial charge >= 0.3 is 5.97 Å². The number of phenolic OH excluding ortho intramolecular Hbond substituents is 1. The number of benzene rings is 1. The average Bonchev–Trinajstić information content (AvgIpc) is 2.26. The van der Waals surface area contributed by atoms with Gasteiger partial charge in [-0.25, -0.2) is 4.79 Å². The molecule has 0 spiro atoms. The normalized spacial score (nSPS) is 12.4. The zero-order chi connectivity index (χ0) is 12.1. The zero-order valence-corrected chi connectivity index (χ0v) is 9.18. The molecular formula is C12H16O4. The third-order valence-corrected chi connectivity index (χ3v) is 2.46. The molecule has 0 aliphatic rings. The Labute approximate surface area is 94.2 Å². The van der Waals surface area contributed by atoms with E-state index < -0.39 is 12.1 Å². The molecule has 0 aliphatic carbocycles. The quantitative estimate of drug-likeness (QED) is 0.717. The lowest BCUT2D eigenvalue weighted by Crippen LogP contribution is -2.02. The monoisotopic (exact) mass is 224 g/mol. The minimum absolute atomic E-state index is 0.0615. The van der Waals surface area contributed by atoms with Gasteiger partial charge in [0.15, 0.2) is 0 Å². The number of aromatic hydroxyl groups is 1. The molecule has 1 atom stereocenters. The molecule has 1 aromatic carbocycles. The summed E-state index contributed by atoms with van der Waals surface area (Å²) in [5.41, 5.74) is 0.358. The molecule has 0 amide bonds. The van der Waals surface area contributed by atoms with Crippen molar-refractivity contribution >= 4 is 5.97 Å². The van der Waals surface area contributed by atoms with Gasteiger partial charge in [0.2, 0.25) is 0 Å². The Hall–Kier alpha value is -1.55. The lowest BCUT2D eigenvalue weighted by Gasteiger charge is -2.12. The Balaban J connectivity index is 2.92. The first-order valence-corrected chi connectivity index (χ1v) is 5.30. The minimum atomic E-state index is -1.07. The third kappa shape index (κ3) is 2.97. The minimum Gasteiger partial charge on any atom is -0.508 e. The van der Waals surface area contributed by atoms with Crippen LogP contribution in [0.1, 0.15) is 48.2 Å². The number of aromatic carboxylic acids is 1. The summed E-state index contributed by atoms with van der Waals surface area (Å²) < 4.78 is 0. The highest BCUT2D eigenvalue weighted by Gasteiger charge is 2.14. The van der Waals surface area contributed by atoms with E-state index in [2.05, 4.69) is 0 Å². The van der Waals surface area contributed by atoms with Gasteiger partial charge in [0.25, 0.3) is 0 Å². The summed E-state index contributed by atoms with van der Waals surface area (Å²) in [6.07, 6.45) is 1.49. The topological polar surface area (TPSA) is 77.8 Å². The molecule has 16 heavy (non-hydrogen) atoms. The van der Waals surface area contributed by atoms with Crippen molar-refractivity contribution in [2.24, 2.45) is 0 Å². The molecular weight excluding hydrogens is 208 g/mol. The van der Waals surface area contributed by atoms with Crippen molar-refractivity contribution in [1.82, 2.24) is 0 Å². The molecule has 0 bridgehead atoms. The van der Waals surface area contributed by atoms with Crippen LogP contribution in [0.25, 0.3) is 0 Å². The molecule has 3 N–H and O–H groups in total. The van der Waals surface area contributed by atoms with E-state index in [0.29, 0.717) is 6.42 Å². The Morgan fingerprint density at radius 1 is 1.44 bits per heavy atom. The van der Waals surface area contributed by atoms with Crippen LogP contribution in [-0.2, 0) is 0 Å². The molecule has 0 fully saturated rings. The van der Waals surface area contributed by atoms with Crippen molar-refractivity contribution in [3.63, 3.8) is 0 Å². The fourth-order valence-corrected chi connectivity index (χ4v) is 1.51. The maximum Gasteiger partial charge on any atom is 0.335 e. The molecule has 4 nitrogen and oxygen atoms in total. The maximum absolute atomic E-state index is 10.7. The van der Waals surface area contributed by atoms with Gasteiger partial charge in [-0.3, -0.25) is 0 Å². The number of aliphatic hydroxyl groups is 1. The van der Waals surface area contributed by atoms with E-state index in [4.69, 9.17) is 5.11 Å². The number of hydrogen-bond acceptors (Lipinski definition) is 3. The Morgan fingerprint density at radius 3 is 2.69 bits per heavy atom.